The molecule has 0 heterocycles. The number of unbranched alkanes of at least 4 members (excludes halogenated alkanes) is 9. The maximum absolute atomic E-state index is 12.0. The van der Waals surface area contributed by atoms with Crippen LogP contribution in [0.5, 0.6) is 0 Å². The predicted octanol–water partition coefficient (Wildman–Crippen LogP) is 6.23. The molecule has 0 rings (SSSR count). The molecular weight excluding hydrogens is 270 g/mol. The molecule has 0 aliphatic heterocycles. The van der Waals surface area contributed by atoms with Crippen molar-refractivity contribution in [2.75, 3.05) is 0 Å². The van der Waals surface area contributed by atoms with Gasteiger partial charge in [0, 0.05) is 5.41 Å². The van der Waals surface area contributed by atoms with Gasteiger partial charge in [0.05, 0.1) is 0 Å². The molecule has 0 fully saturated rings. The van der Waals surface area contributed by atoms with E-state index in [9.17, 15) is 4.79 Å². The number of nitrogens with two attached hydrogens (primary N) is 1. The molecule has 1 amide bonds. The van der Waals surface area contributed by atoms with Crippen molar-refractivity contribution in [3.8, 4) is 0 Å². The van der Waals surface area contributed by atoms with Crippen molar-refractivity contribution in [2.24, 2.45) is 17.1 Å². The molecule has 132 valence electrons. The quantitative estimate of drug-likeness (QED) is 0.358. The van der Waals surface area contributed by atoms with Crippen molar-refractivity contribution >= 4 is 5.91 Å². The third-order valence-electron chi connectivity index (χ3n) is 5.44. The van der Waals surface area contributed by atoms with Crippen LogP contribution in [0.1, 0.15) is 111 Å². The van der Waals surface area contributed by atoms with Gasteiger partial charge < -0.3 is 5.73 Å². The minimum Gasteiger partial charge on any atom is -0.369 e. The van der Waals surface area contributed by atoms with Crippen molar-refractivity contribution < 1.29 is 4.79 Å². The Morgan fingerprint density at radius 3 is 1.82 bits per heavy atom. The lowest BCUT2D eigenvalue weighted by atomic mass is 9.71. The summed E-state index contributed by atoms with van der Waals surface area (Å²) in [5.41, 5.74) is 5.44. The zero-order chi connectivity index (χ0) is 16.8. The summed E-state index contributed by atoms with van der Waals surface area (Å²) in [5, 5.41) is 0. The van der Waals surface area contributed by atoms with Crippen molar-refractivity contribution in [3.63, 3.8) is 0 Å². The summed E-state index contributed by atoms with van der Waals surface area (Å²) >= 11 is 0. The van der Waals surface area contributed by atoms with Gasteiger partial charge in [-0.1, -0.05) is 98.3 Å². The molecule has 2 heteroatoms. The zero-order valence-corrected chi connectivity index (χ0v) is 15.8. The molecule has 0 aromatic heterocycles. The number of rotatable bonds is 15. The third-order valence-corrected chi connectivity index (χ3v) is 5.44. The SMILES string of the molecule is CCCCCCCCC(C)(C(N)=O)C(C)CCCCCCC. The van der Waals surface area contributed by atoms with Crippen LogP contribution >= 0.6 is 0 Å². The monoisotopic (exact) mass is 311 g/mol. The third kappa shape index (κ3) is 8.80. The molecule has 2 N–H and O–H groups in total. The van der Waals surface area contributed by atoms with Crippen LogP contribution in [0.4, 0.5) is 0 Å². The van der Waals surface area contributed by atoms with E-state index in [1.165, 1.54) is 64.2 Å². The van der Waals surface area contributed by atoms with E-state index in [-0.39, 0.29) is 11.3 Å². The Morgan fingerprint density at radius 1 is 0.864 bits per heavy atom. The van der Waals surface area contributed by atoms with Crippen LogP contribution < -0.4 is 5.73 Å². The summed E-state index contributed by atoms with van der Waals surface area (Å²) in [6.07, 6.45) is 16.2. The van der Waals surface area contributed by atoms with Crippen molar-refractivity contribution in [2.45, 2.75) is 111 Å². The fourth-order valence-corrected chi connectivity index (χ4v) is 3.26. The summed E-state index contributed by atoms with van der Waals surface area (Å²) < 4.78 is 0. The highest BCUT2D eigenvalue weighted by atomic mass is 16.1. The molecule has 0 bridgehead atoms. The van der Waals surface area contributed by atoms with Gasteiger partial charge in [-0.15, -0.1) is 0 Å². The summed E-state index contributed by atoms with van der Waals surface area (Å²) in [7, 11) is 0. The lowest BCUT2D eigenvalue weighted by molar-refractivity contribution is -0.130. The molecule has 0 aromatic carbocycles. The first-order chi connectivity index (χ1) is 10.5. The fraction of sp³-hybridized carbons (Fsp3) is 0.950. The second kappa shape index (κ2) is 13.0. The first-order valence-electron chi connectivity index (χ1n) is 9.78. The van der Waals surface area contributed by atoms with Gasteiger partial charge in [-0.2, -0.15) is 0 Å². The second-order valence-corrected chi connectivity index (χ2v) is 7.40. The molecule has 0 aliphatic rings. The van der Waals surface area contributed by atoms with Gasteiger partial charge in [0.1, 0.15) is 0 Å². The first-order valence-corrected chi connectivity index (χ1v) is 9.78. The van der Waals surface area contributed by atoms with Gasteiger partial charge >= 0.3 is 0 Å². The van der Waals surface area contributed by atoms with E-state index in [1.54, 1.807) is 0 Å². The molecule has 0 saturated carbocycles. The molecule has 0 saturated heterocycles. The Balaban J connectivity index is 4.09. The molecule has 0 spiro atoms. The van der Waals surface area contributed by atoms with Gasteiger partial charge in [0.25, 0.3) is 0 Å². The maximum Gasteiger partial charge on any atom is 0.223 e. The predicted molar refractivity (Wildman–Crippen MR) is 97.8 cm³/mol. The highest BCUT2D eigenvalue weighted by molar-refractivity contribution is 5.80. The van der Waals surface area contributed by atoms with Gasteiger partial charge in [-0.3, -0.25) is 4.79 Å². The summed E-state index contributed by atoms with van der Waals surface area (Å²) in [4.78, 5) is 12.0. The smallest absolute Gasteiger partial charge is 0.223 e. The Morgan fingerprint density at radius 2 is 1.32 bits per heavy atom. The van der Waals surface area contributed by atoms with Gasteiger partial charge in [0.2, 0.25) is 5.91 Å². The van der Waals surface area contributed by atoms with Gasteiger partial charge in [-0.25, -0.2) is 0 Å². The van der Waals surface area contributed by atoms with E-state index < -0.39 is 0 Å². The van der Waals surface area contributed by atoms with E-state index in [4.69, 9.17) is 5.73 Å². The Bertz CT molecular complexity index is 277. The number of hydrogen-bond acceptors (Lipinski definition) is 1. The van der Waals surface area contributed by atoms with E-state index in [0.29, 0.717) is 5.92 Å². The minimum atomic E-state index is -0.310. The van der Waals surface area contributed by atoms with Crippen LogP contribution in [-0.2, 0) is 4.79 Å². The highest BCUT2D eigenvalue weighted by Crippen LogP contribution is 2.36. The number of primary amides is 1. The lowest BCUT2D eigenvalue weighted by Gasteiger charge is -2.33. The molecular formula is C20H41NO. The zero-order valence-electron chi connectivity index (χ0n) is 15.8. The Hall–Kier alpha value is -0.530. The summed E-state index contributed by atoms with van der Waals surface area (Å²) in [6, 6.07) is 0. The topological polar surface area (TPSA) is 43.1 Å². The fourth-order valence-electron chi connectivity index (χ4n) is 3.26. The molecule has 2 unspecified atom stereocenters. The summed E-state index contributed by atoms with van der Waals surface area (Å²) in [5.74, 6) is 0.310. The number of amides is 1. The molecule has 2 nitrogen and oxygen atoms in total. The second-order valence-electron chi connectivity index (χ2n) is 7.40. The molecule has 0 radical (unpaired) electrons. The van der Waals surface area contributed by atoms with Crippen LogP contribution in [0.25, 0.3) is 0 Å². The van der Waals surface area contributed by atoms with E-state index in [1.807, 2.05) is 0 Å². The van der Waals surface area contributed by atoms with Crippen LogP contribution in [-0.4, -0.2) is 5.91 Å². The highest BCUT2D eigenvalue weighted by Gasteiger charge is 2.35. The maximum atomic E-state index is 12.0. The van der Waals surface area contributed by atoms with Crippen molar-refractivity contribution in [1.29, 1.82) is 0 Å². The van der Waals surface area contributed by atoms with E-state index in [2.05, 4.69) is 27.7 Å². The number of hydrogen-bond donors (Lipinski definition) is 1. The lowest BCUT2D eigenvalue weighted by Crippen LogP contribution is -2.39. The minimum absolute atomic E-state index is 0.0953. The molecule has 2 atom stereocenters. The van der Waals surface area contributed by atoms with Crippen molar-refractivity contribution in [3.05, 3.63) is 0 Å². The Labute approximate surface area is 139 Å². The van der Waals surface area contributed by atoms with E-state index >= 15 is 0 Å². The molecule has 22 heavy (non-hydrogen) atoms. The van der Waals surface area contributed by atoms with Crippen LogP contribution in [0.15, 0.2) is 0 Å². The normalized spacial score (nSPS) is 15.5. The first kappa shape index (κ1) is 21.5. The molecule has 0 aromatic rings. The average Bonchev–Trinajstić information content (AvgIpc) is 2.49. The van der Waals surface area contributed by atoms with E-state index in [0.717, 1.165) is 19.3 Å². The van der Waals surface area contributed by atoms with Gasteiger partial charge in [-0.05, 0) is 18.8 Å². The Kier molecular flexibility index (Phi) is 12.6. The number of carbonyl (C=O) groups is 1. The van der Waals surface area contributed by atoms with Crippen molar-refractivity contribution in [1.82, 2.24) is 0 Å². The standard InChI is InChI=1S/C20H41NO/c1-5-7-9-11-13-15-17-20(4,19(21)22)18(3)16-14-12-10-8-6-2/h18H,5-17H2,1-4H3,(H2,21,22). The van der Waals surface area contributed by atoms with Crippen LogP contribution in [0.2, 0.25) is 0 Å². The van der Waals surface area contributed by atoms with Gasteiger partial charge in [0.15, 0.2) is 0 Å². The van der Waals surface area contributed by atoms with Crippen LogP contribution in [0.3, 0.4) is 0 Å². The average molecular weight is 312 g/mol. The van der Waals surface area contributed by atoms with Crippen LogP contribution in [0, 0.1) is 11.3 Å². The molecule has 0 aliphatic carbocycles. The number of carbonyl (C=O) groups excluding carboxylic acids is 1. The summed E-state index contributed by atoms with van der Waals surface area (Å²) in [6.45, 7) is 8.80. The largest absolute Gasteiger partial charge is 0.369 e.